The van der Waals surface area contributed by atoms with Crippen LogP contribution in [-0.2, 0) is 17.5 Å². The molecule has 0 aliphatic heterocycles. The second kappa shape index (κ2) is 8.08. The van der Waals surface area contributed by atoms with Gasteiger partial charge < -0.3 is 5.32 Å². The zero-order valence-corrected chi connectivity index (χ0v) is 17.5. The van der Waals surface area contributed by atoms with Crippen LogP contribution in [0.2, 0.25) is 0 Å². The summed E-state index contributed by atoms with van der Waals surface area (Å²) in [5.74, 6) is -1.19. The van der Waals surface area contributed by atoms with E-state index in [1.54, 1.807) is 0 Å². The van der Waals surface area contributed by atoms with Gasteiger partial charge in [0, 0.05) is 11.3 Å². The average molecular weight is 471 g/mol. The van der Waals surface area contributed by atoms with Crippen molar-refractivity contribution in [1.82, 2.24) is 19.6 Å². The average Bonchev–Trinajstić information content (AvgIpc) is 3.54. The van der Waals surface area contributed by atoms with Crippen LogP contribution in [-0.4, -0.2) is 25.5 Å². The Hall–Kier alpha value is -4.02. The molecule has 34 heavy (non-hydrogen) atoms. The first kappa shape index (κ1) is 21.8. The molecule has 1 aliphatic rings. The number of amides is 1. The highest BCUT2D eigenvalue weighted by Gasteiger charge is 2.34. The number of hydrogen-bond donors (Lipinski definition) is 1. The number of carbonyl (C=O) groups is 1. The number of benzene rings is 2. The van der Waals surface area contributed by atoms with Crippen LogP contribution in [0.1, 0.15) is 30.0 Å². The molecule has 0 saturated heterocycles. The van der Waals surface area contributed by atoms with E-state index in [1.807, 2.05) is 0 Å². The molecule has 174 valence electrons. The fourth-order valence-electron chi connectivity index (χ4n) is 3.80. The molecule has 0 unspecified atom stereocenters. The molecular weight excluding hydrogens is 454 g/mol. The van der Waals surface area contributed by atoms with Gasteiger partial charge in [-0.1, -0.05) is 12.1 Å². The lowest BCUT2D eigenvalue weighted by Gasteiger charge is -2.14. The van der Waals surface area contributed by atoms with Crippen LogP contribution in [0.25, 0.3) is 16.6 Å². The number of rotatable bonds is 5. The van der Waals surface area contributed by atoms with Crippen LogP contribution >= 0.6 is 0 Å². The largest absolute Gasteiger partial charge is 0.418 e. The summed E-state index contributed by atoms with van der Waals surface area (Å²) < 4.78 is 55.4. The van der Waals surface area contributed by atoms with E-state index in [9.17, 15) is 27.2 Å². The van der Waals surface area contributed by atoms with Gasteiger partial charge >= 0.3 is 6.18 Å². The molecule has 0 bridgehead atoms. The summed E-state index contributed by atoms with van der Waals surface area (Å²) in [6, 6.07) is 9.97. The second-order valence-corrected chi connectivity index (χ2v) is 8.01. The Kier molecular flexibility index (Phi) is 5.18. The lowest BCUT2D eigenvalue weighted by atomic mass is 10.1. The van der Waals surface area contributed by atoms with Crippen molar-refractivity contribution in [3.63, 3.8) is 0 Å². The van der Waals surface area contributed by atoms with Crippen molar-refractivity contribution < 1.29 is 22.4 Å². The normalized spacial score (nSPS) is 13.9. The molecule has 4 aromatic rings. The Morgan fingerprint density at radius 1 is 1.09 bits per heavy atom. The quantitative estimate of drug-likeness (QED) is 0.441. The van der Waals surface area contributed by atoms with E-state index in [2.05, 4.69) is 15.5 Å². The first-order chi connectivity index (χ1) is 16.2. The smallest absolute Gasteiger partial charge is 0.324 e. The van der Waals surface area contributed by atoms with E-state index in [0.29, 0.717) is 16.8 Å². The van der Waals surface area contributed by atoms with Crippen molar-refractivity contribution in [2.45, 2.75) is 31.5 Å². The summed E-state index contributed by atoms with van der Waals surface area (Å²) in [4.78, 5) is 25.9. The molecule has 2 aromatic heterocycles. The molecule has 1 saturated carbocycles. The number of nitrogens with one attached hydrogen (secondary N) is 1. The Balaban J connectivity index is 1.54. The van der Waals surface area contributed by atoms with Gasteiger partial charge in [-0.2, -0.15) is 23.4 Å². The van der Waals surface area contributed by atoms with Crippen LogP contribution in [0.5, 0.6) is 0 Å². The lowest BCUT2D eigenvalue weighted by Crippen LogP contribution is -2.31. The third-order valence-electron chi connectivity index (χ3n) is 5.55. The molecule has 2 heterocycles. The van der Waals surface area contributed by atoms with E-state index in [4.69, 9.17) is 0 Å². The standard InChI is InChI=1S/C23H17F4N5O2/c24-14-7-9-15(10-8-14)32-21-16(11-28-32)20(13-5-6-13)30-31(22(21)34)12-19(33)29-18-4-2-1-3-17(18)23(25,26)27/h1-4,7-11,13H,5-6,12H2,(H,29,33). The molecule has 0 atom stereocenters. The van der Waals surface area contributed by atoms with E-state index in [1.165, 1.54) is 47.3 Å². The van der Waals surface area contributed by atoms with Crippen LogP contribution < -0.4 is 10.9 Å². The predicted molar refractivity (Wildman–Crippen MR) is 115 cm³/mol. The maximum Gasteiger partial charge on any atom is 0.418 e. The number of nitrogens with zero attached hydrogens (tertiary/aromatic N) is 4. The van der Waals surface area contributed by atoms with Gasteiger partial charge in [-0.15, -0.1) is 0 Å². The number of alkyl halides is 3. The Morgan fingerprint density at radius 3 is 2.47 bits per heavy atom. The highest BCUT2D eigenvalue weighted by molar-refractivity contribution is 5.91. The molecule has 1 N–H and O–H groups in total. The summed E-state index contributed by atoms with van der Waals surface area (Å²) >= 11 is 0. The summed E-state index contributed by atoms with van der Waals surface area (Å²) in [5, 5.41) is 11.4. The topological polar surface area (TPSA) is 81.8 Å². The molecule has 2 aromatic carbocycles. The maximum absolute atomic E-state index is 13.4. The van der Waals surface area contributed by atoms with Crippen LogP contribution in [0, 0.1) is 5.82 Å². The molecular formula is C23H17F4N5O2. The predicted octanol–water partition coefficient (Wildman–Crippen LogP) is 4.26. The Morgan fingerprint density at radius 2 is 1.79 bits per heavy atom. The Labute approximate surface area is 189 Å². The van der Waals surface area contributed by atoms with Crippen molar-refractivity contribution in [3.8, 4) is 5.69 Å². The fourth-order valence-corrected chi connectivity index (χ4v) is 3.80. The SMILES string of the molecule is O=C(Cn1nc(C2CC2)c2cnn(-c3ccc(F)cc3)c2c1=O)Nc1ccccc1C(F)(F)F. The number of hydrogen-bond acceptors (Lipinski definition) is 4. The minimum absolute atomic E-state index is 0.0919. The Bertz CT molecular complexity index is 1450. The first-order valence-electron chi connectivity index (χ1n) is 10.4. The summed E-state index contributed by atoms with van der Waals surface area (Å²) in [6.07, 6.45) is -1.44. The number of para-hydroxylation sites is 1. The van der Waals surface area contributed by atoms with Crippen molar-refractivity contribution in [1.29, 1.82) is 0 Å². The summed E-state index contributed by atoms with van der Waals surface area (Å²) in [5.41, 5.74) is -0.851. The summed E-state index contributed by atoms with van der Waals surface area (Å²) in [7, 11) is 0. The number of aromatic nitrogens is 4. The van der Waals surface area contributed by atoms with Gasteiger partial charge in [0.2, 0.25) is 5.91 Å². The van der Waals surface area contributed by atoms with Gasteiger partial charge in [-0.05, 0) is 49.2 Å². The lowest BCUT2D eigenvalue weighted by molar-refractivity contribution is -0.137. The molecule has 0 radical (unpaired) electrons. The number of fused-ring (bicyclic) bond motifs is 1. The minimum Gasteiger partial charge on any atom is -0.324 e. The zero-order valence-electron chi connectivity index (χ0n) is 17.5. The van der Waals surface area contributed by atoms with Crippen LogP contribution in [0.3, 0.4) is 0 Å². The van der Waals surface area contributed by atoms with Gasteiger partial charge in [0.05, 0.1) is 28.8 Å². The molecule has 0 spiro atoms. The van der Waals surface area contributed by atoms with E-state index >= 15 is 0 Å². The van der Waals surface area contributed by atoms with Gasteiger partial charge in [0.25, 0.3) is 5.56 Å². The van der Waals surface area contributed by atoms with Crippen LogP contribution in [0.4, 0.5) is 23.2 Å². The first-order valence-corrected chi connectivity index (χ1v) is 10.4. The molecule has 1 fully saturated rings. The van der Waals surface area contributed by atoms with Gasteiger partial charge in [-0.25, -0.2) is 13.8 Å². The van der Waals surface area contributed by atoms with Crippen molar-refractivity contribution in [2.75, 3.05) is 5.32 Å². The second-order valence-electron chi connectivity index (χ2n) is 8.01. The monoisotopic (exact) mass is 471 g/mol. The maximum atomic E-state index is 13.4. The van der Waals surface area contributed by atoms with Crippen molar-refractivity contribution in [2.24, 2.45) is 0 Å². The number of anilines is 1. The van der Waals surface area contributed by atoms with Gasteiger partial charge in [-0.3, -0.25) is 9.59 Å². The van der Waals surface area contributed by atoms with Crippen molar-refractivity contribution >= 4 is 22.5 Å². The van der Waals surface area contributed by atoms with Gasteiger partial charge in [0.15, 0.2) is 0 Å². The fraction of sp³-hybridized carbons (Fsp3) is 0.217. The molecule has 5 rings (SSSR count). The zero-order chi connectivity index (χ0) is 24.0. The molecule has 11 heteroatoms. The van der Waals surface area contributed by atoms with Crippen LogP contribution in [0.15, 0.2) is 59.5 Å². The van der Waals surface area contributed by atoms with Gasteiger partial charge in [0.1, 0.15) is 17.9 Å². The number of halogens is 4. The molecule has 7 nitrogen and oxygen atoms in total. The highest BCUT2D eigenvalue weighted by atomic mass is 19.4. The molecule has 1 amide bonds. The number of carbonyl (C=O) groups excluding carboxylic acids is 1. The molecule has 1 aliphatic carbocycles. The highest BCUT2D eigenvalue weighted by Crippen LogP contribution is 2.41. The van der Waals surface area contributed by atoms with E-state index in [0.717, 1.165) is 29.7 Å². The third-order valence-corrected chi connectivity index (χ3v) is 5.55. The minimum atomic E-state index is -4.65. The van der Waals surface area contributed by atoms with Crippen molar-refractivity contribution in [3.05, 3.63) is 82.2 Å². The summed E-state index contributed by atoms with van der Waals surface area (Å²) in [6.45, 7) is -0.588. The van der Waals surface area contributed by atoms with E-state index in [-0.39, 0.29) is 11.4 Å². The van der Waals surface area contributed by atoms with E-state index < -0.39 is 41.3 Å². The third kappa shape index (κ3) is 4.04.